The van der Waals surface area contributed by atoms with Crippen LogP contribution in [0.25, 0.3) is 0 Å². The van der Waals surface area contributed by atoms with Gasteiger partial charge in [-0.25, -0.2) is 9.59 Å². The van der Waals surface area contributed by atoms with E-state index in [9.17, 15) is 19.2 Å². The Morgan fingerprint density at radius 3 is 2.36 bits per heavy atom. The Morgan fingerprint density at radius 1 is 0.952 bits per heavy atom. The first-order valence-corrected chi connectivity index (χ1v) is 14.0. The van der Waals surface area contributed by atoms with Gasteiger partial charge in [-0.3, -0.25) is 9.59 Å². The maximum Gasteiger partial charge on any atom is 0.408 e. The SMILES string of the molecule is O=C(CC1CC=CCC(NC(=O)OCc2ccccc2)C(=O)OCC(Cc2ccccc2)NC1=O)NCCOCCO. The summed E-state index contributed by atoms with van der Waals surface area (Å²) < 4.78 is 16.0. The van der Waals surface area contributed by atoms with Crippen molar-refractivity contribution in [2.45, 2.75) is 44.4 Å². The average molecular weight is 582 g/mol. The second-order valence-corrected chi connectivity index (χ2v) is 9.81. The molecular formula is C31H39N3O8. The maximum absolute atomic E-state index is 13.3. The molecule has 3 amide bonds. The first kappa shape index (κ1) is 32.3. The fourth-order valence-electron chi connectivity index (χ4n) is 4.27. The number of amides is 3. The summed E-state index contributed by atoms with van der Waals surface area (Å²) in [4.78, 5) is 51.3. The number of cyclic esters (lactones) is 1. The minimum absolute atomic E-state index is 0.0484. The van der Waals surface area contributed by atoms with Gasteiger partial charge in [-0.15, -0.1) is 0 Å². The summed E-state index contributed by atoms with van der Waals surface area (Å²) in [6, 6.07) is 17.1. The van der Waals surface area contributed by atoms with E-state index in [4.69, 9.17) is 19.3 Å². The second kappa shape index (κ2) is 18.3. The second-order valence-electron chi connectivity index (χ2n) is 9.81. The lowest BCUT2D eigenvalue weighted by atomic mass is 9.97. The van der Waals surface area contributed by atoms with Crippen LogP contribution in [-0.4, -0.2) is 74.0 Å². The third-order valence-electron chi connectivity index (χ3n) is 6.45. The van der Waals surface area contributed by atoms with Crippen LogP contribution in [-0.2, 0) is 41.6 Å². The maximum atomic E-state index is 13.3. The molecule has 0 fully saturated rings. The van der Waals surface area contributed by atoms with E-state index < -0.39 is 30.1 Å². The van der Waals surface area contributed by atoms with Crippen molar-refractivity contribution in [2.24, 2.45) is 5.92 Å². The molecule has 11 heteroatoms. The Hall–Kier alpha value is -4.22. The first-order chi connectivity index (χ1) is 20.4. The van der Waals surface area contributed by atoms with Gasteiger partial charge in [0.1, 0.15) is 19.3 Å². The Bertz CT molecular complexity index is 1160. The number of carbonyl (C=O) groups is 4. The van der Waals surface area contributed by atoms with E-state index in [-0.39, 0.29) is 70.7 Å². The van der Waals surface area contributed by atoms with Crippen LogP contribution in [0.15, 0.2) is 72.8 Å². The highest BCUT2D eigenvalue weighted by Gasteiger charge is 2.27. The quantitative estimate of drug-likeness (QED) is 0.169. The molecule has 11 nitrogen and oxygen atoms in total. The number of hydrogen-bond acceptors (Lipinski definition) is 8. The first-order valence-electron chi connectivity index (χ1n) is 14.0. The molecule has 4 N–H and O–H groups in total. The van der Waals surface area contributed by atoms with Crippen LogP contribution in [0, 0.1) is 5.92 Å². The number of nitrogens with one attached hydrogen (secondary N) is 3. The summed E-state index contributed by atoms with van der Waals surface area (Å²) in [7, 11) is 0. The zero-order chi connectivity index (χ0) is 30.0. The standard InChI is InChI=1S/C31H39N3O8/c35-16-18-40-17-15-32-28(36)20-25-13-7-8-14-27(34-31(39)42-21-24-11-5-2-6-12-24)30(38)41-22-26(33-29(25)37)19-23-9-3-1-4-10-23/h1-12,25-27,35H,13-22H2,(H,32,36)(H,33,37)(H,34,39). The van der Waals surface area contributed by atoms with Crippen LogP contribution in [0.3, 0.4) is 0 Å². The largest absolute Gasteiger partial charge is 0.462 e. The minimum Gasteiger partial charge on any atom is -0.462 e. The predicted molar refractivity (Wildman–Crippen MR) is 154 cm³/mol. The summed E-state index contributed by atoms with van der Waals surface area (Å²) in [5, 5.41) is 17.0. The highest BCUT2D eigenvalue weighted by Crippen LogP contribution is 2.14. The summed E-state index contributed by atoms with van der Waals surface area (Å²) in [6.45, 7) is 0.500. The van der Waals surface area contributed by atoms with E-state index in [0.717, 1.165) is 11.1 Å². The van der Waals surface area contributed by atoms with Crippen LogP contribution in [0.4, 0.5) is 4.79 Å². The van der Waals surface area contributed by atoms with Gasteiger partial charge in [0.15, 0.2) is 0 Å². The number of aliphatic hydroxyl groups is 1. The predicted octanol–water partition coefficient (Wildman–Crippen LogP) is 2.03. The monoisotopic (exact) mass is 581 g/mol. The molecule has 0 aromatic heterocycles. The van der Waals surface area contributed by atoms with E-state index in [1.54, 1.807) is 12.2 Å². The van der Waals surface area contributed by atoms with Crippen molar-refractivity contribution in [2.75, 3.05) is 33.0 Å². The molecule has 3 rings (SSSR count). The van der Waals surface area contributed by atoms with Crippen molar-refractivity contribution < 1.29 is 38.5 Å². The minimum atomic E-state index is -1.00. The third-order valence-corrected chi connectivity index (χ3v) is 6.45. The van der Waals surface area contributed by atoms with Gasteiger partial charge in [0, 0.05) is 13.0 Å². The van der Waals surface area contributed by atoms with E-state index in [0.29, 0.717) is 6.42 Å². The van der Waals surface area contributed by atoms with Gasteiger partial charge < -0.3 is 35.3 Å². The summed E-state index contributed by atoms with van der Waals surface area (Å²) >= 11 is 0. The normalized spacial score (nSPS) is 19.4. The Morgan fingerprint density at radius 2 is 1.64 bits per heavy atom. The smallest absolute Gasteiger partial charge is 0.408 e. The van der Waals surface area contributed by atoms with Crippen LogP contribution in [0.2, 0.25) is 0 Å². The molecule has 0 saturated carbocycles. The molecule has 1 aliphatic rings. The van der Waals surface area contributed by atoms with E-state index in [1.165, 1.54) is 0 Å². The molecule has 0 spiro atoms. The van der Waals surface area contributed by atoms with Gasteiger partial charge in [0.2, 0.25) is 11.8 Å². The highest BCUT2D eigenvalue weighted by atomic mass is 16.6. The molecule has 2 aromatic rings. The number of alkyl carbamates (subject to hydrolysis) is 1. The molecule has 3 unspecified atom stereocenters. The Labute approximate surface area is 245 Å². The molecule has 0 bridgehead atoms. The van der Waals surface area contributed by atoms with E-state index >= 15 is 0 Å². The summed E-state index contributed by atoms with van der Waals surface area (Å²) in [5.41, 5.74) is 1.74. The molecule has 3 atom stereocenters. The van der Waals surface area contributed by atoms with Gasteiger partial charge in [-0.1, -0.05) is 72.8 Å². The number of ether oxygens (including phenoxy) is 3. The van der Waals surface area contributed by atoms with Crippen molar-refractivity contribution in [3.63, 3.8) is 0 Å². The fraction of sp³-hybridized carbons (Fsp3) is 0.419. The van der Waals surface area contributed by atoms with Crippen LogP contribution >= 0.6 is 0 Å². The molecule has 226 valence electrons. The zero-order valence-electron chi connectivity index (χ0n) is 23.5. The van der Waals surface area contributed by atoms with Gasteiger partial charge in [0.25, 0.3) is 0 Å². The van der Waals surface area contributed by atoms with Gasteiger partial charge in [-0.05, 0) is 30.4 Å². The van der Waals surface area contributed by atoms with Crippen molar-refractivity contribution in [1.82, 2.24) is 16.0 Å². The summed E-state index contributed by atoms with van der Waals surface area (Å²) in [5.74, 6) is -1.96. The Balaban J connectivity index is 1.67. The van der Waals surface area contributed by atoms with Crippen LogP contribution < -0.4 is 16.0 Å². The summed E-state index contributed by atoms with van der Waals surface area (Å²) in [6.07, 6.45) is 3.34. The van der Waals surface area contributed by atoms with E-state index in [2.05, 4.69) is 16.0 Å². The topological polar surface area (TPSA) is 152 Å². The molecular weight excluding hydrogens is 542 g/mol. The number of hydrogen-bond donors (Lipinski definition) is 4. The van der Waals surface area contributed by atoms with Gasteiger partial charge in [-0.2, -0.15) is 0 Å². The lowest BCUT2D eigenvalue weighted by molar-refractivity contribution is -0.147. The number of aliphatic hydroxyl groups excluding tert-OH is 1. The zero-order valence-corrected chi connectivity index (χ0v) is 23.5. The lowest BCUT2D eigenvalue weighted by Crippen LogP contribution is -2.47. The lowest BCUT2D eigenvalue weighted by Gasteiger charge is -2.24. The number of rotatable bonds is 12. The Kier molecular flexibility index (Phi) is 14.0. The number of esters is 1. The van der Waals surface area contributed by atoms with Gasteiger partial charge in [0.05, 0.1) is 31.8 Å². The fourth-order valence-corrected chi connectivity index (χ4v) is 4.27. The average Bonchev–Trinajstić information content (AvgIpc) is 3.00. The van der Waals surface area contributed by atoms with Gasteiger partial charge >= 0.3 is 12.1 Å². The van der Waals surface area contributed by atoms with E-state index in [1.807, 2.05) is 60.7 Å². The molecule has 0 radical (unpaired) electrons. The highest BCUT2D eigenvalue weighted by molar-refractivity contribution is 5.86. The van der Waals surface area contributed by atoms with Crippen LogP contribution in [0.1, 0.15) is 30.4 Å². The van der Waals surface area contributed by atoms with Crippen LogP contribution in [0.5, 0.6) is 0 Å². The molecule has 2 aromatic carbocycles. The number of carbonyl (C=O) groups excluding carboxylic acids is 4. The molecule has 1 aliphatic heterocycles. The van der Waals surface area contributed by atoms with Crippen molar-refractivity contribution >= 4 is 23.9 Å². The third kappa shape index (κ3) is 12.1. The molecule has 0 saturated heterocycles. The van der Waals surface area contributed by atoms with Crippen molar-refractivity contribution in [3.05, 3.63) is 83.9 Å². The number of allylic oxidation sites excluding steroid dienone is 1. The molecule has 1 heterocycles. The molecule has 42 heavy (non-hydrogen) atoms. The molecule has 0 aliphatic carbocycles. The number of benzene rings is 2. The van der Waals surface area contributed by atoms with Crippen molar-refractivity contribution in [3.8, 4) is 0 Å². The van der Waals surface area contributed by atoms with Crippen molar-refractivity contribution in [1.29, 1.82) is 0 Å².